The Balaban J connectivity index is 1.53. The number of hydrogen-bond donors (Lipinski definition) is 1. The third-order valence-electron chi connectivity index (χ3n) is 4.37. The fraction of sp³-hybridized carbons (Fsp3) is 0.263. The molecule has 0 aliphatic rings. The number of rotatable bonds is 6. The van der Waals surface area contributed by atoms with Crippen molar-refractivity contribution in [1.29, 1.82) is 0 Å². The minimum Gasteiger partial charge on any atom is -0.368 e. The van der Waals surface area contributed by atoms with Gasteiger partial charge in [0.2, 0.25) is 11.6 Å². The molecule has 4 rings (SSSR count). The normalized spacial score (nSPS) is 11.1. The molecule has 3 aromatic heterocycles. The van der Waals surface area contributed by atoms with Gasteiger partial charge in [0.05, 0.1) is 18.3 Å². The van der Waals surface area contributed by atoms with E-state index < -0.39 is 0 Å². The number of anilines is 1. The molecule has 4 aromatic rings. The van der Waals surface area contributed by atoms with Gasteiger partial charge < -0.3 is 10.2 Å². The zero-order valence-electron chi connectivity index (χ0n) is 15.7. The van der Waals surface area contributed by atoms with Crippen LogP contribution in [-0.4, -0.2) is 61.4 Å². The predicted molar refractivity (Wildman–Crippen MR) is 106 cm³/mol. The molecule has 0 fully saturated rings. The molecule has 28 heavy (non-hydrogen) atoms. The molecule has 1 N–H and O–H groups in total. The van der Waals surface area contributed by atoms with E-state index in [1.807, 2.05) is 24.3 Å². The molecule has 0 saturated carbocycles. The monoisotopic (exact) mass is 376 g/mol. The quantitative estimate of drug-likeness (QED) is 0.546. The number of fused-ring (bicyclic) bond motifs is 2. The smallest absolute Gasteiger partial charge is 0.223 e. The molecule has 9 nitrogen and oxygen atoms in total. The number of nitrogens with one attached hydrogen (secondary N) is 1. The average Bonchev–Trinajstić information content (AvgIpc) is 3.10. The van der Waals surface area contributed by atoms with Crippen LogP contribution in [0.15, 0.2) is 42.7 Å². The summed E-state index contributed by atoms with van der Waals surface area (Å²) in [7, 11) is 3.47. The number of hydrogen-bond acceptors (Lipinski definition) is 7. The SMILES string of the molecule is CN(C)C(=O)CCNc1cnc2nnn(Cc3ccc4ncccc4c3)c2n1. The van der Waals surface area contributed by atoms with Crippen molar-refractivity contribution >= 4 is 33.9 Å². The lowest BCUT2D eigenvalue weighted by molar-refractivity contribution is -0.128. The zero-order valence-corrected chi connectivity index (χ0v) is 15.7. The van der Waals surface area contributed by atoms with Gasteiger partial charge in [-0.1, -0.05) is 17.3 Å². The summed E-state index contributed by atoms with van der Waals surface area (Å²) < 4.78 is 1.72. The van der Waals surface area contributed by atoms with E-state index in [4.69, 9.17) is 0 Å². The van der Waals surface area contributed by atoms with Crippen LogP contribution < -0.4 is 5.32 Å². The van der Waals surface area contributed by atoms with Gasteiger partial charge >= 0.3 is 0 Å². The molecular weight excluding hydrogens is 356 g/mol. The molecular formula is C19H20N8O. The summed E-state index contributed by atoms with van der Waals surface area (Å²) in [6.45, 7) is 1.01. The van der Waals surface area contributed by atoms with Crippen molar-refractivity contribution in [2.24, 2.45) is 0 Å². The first-order chi connectivity index (χ1) is 13.6. The Kier molecular flexibility index (Phi) is 4.79. The lowest BCUT2D eigenvalue weighted by Crippen LogP contribution is -2.24. The molecule has 0 spiro atoms. The second-order valence-electron chi connectivity index (χ2n) is 6.64. The van der Waals surface area contributed by atoms with Gasteiger partial charge in [-0.05, 0) is 23.8 Å². The van der Waals surface area contributed by atoms with Gasteiger partial charge in [-0.3, -0.25) is 9.78 Å². The van der Waals surface area contributed by atoms with E-state index in [-0.39, 0.29) is 5.91 Å². The van der Waals surface area contributed by atoms with E-state index in [9.17, 15) is 4.79 Å². The molecule has 0 bridgehead atoms. The number of benzene rings is 1. The Morgan fingerprint density at radius 3 is 2.96 bits per heavy atom. The van der Waals surface area contributed by atoms with Crippen LogP contribution >= 0.6 is 0 Å². The second-order valence-corrected chi connectivity index (χ2v) is 6.64. The van der Waals surface area contributed by atoms with Gasteiger partial charge in [0.15, 0.2) is 5.65 Å². The van der Waals surface area contributed by atoms with E-state index >= 15 is 0 Å². The Morgan fingerprint density at radius 1 is 1.21 bits per heavy atom. The summed E-state index contributed by atoms with van der Waals surface area (Å²) in [5.41, 5.74) is 3.10. The van der Waals surface area contributed by atoms with Crippen molar-refractivity contribution in [3.63, 3.8) is 0 Å². The fourth-order valence-corrected chi connectivity index (χ4v) is 2.86. The summed E-state index contributed by atoms with van der Waals surface area (Å²) >= 11 is 0. The van der Waals surface area contributed by atoms with Crippen LogP contribution in [0.1, 0.15) is 12.0 Å². The number of amides is 1. The van der Waals surface area contributed by atoms with E-state index in [1.165, 1.54) is 0 Å². The van der Waals surface area contributed by atoms with Crippen molar-refractivity contribution in [3.05, 3.63) is 48.3 Å². The van der Waals surface area contributed by atoms with E-state index in [2.05, 4.69) is 36.6 Å². The molecule has 3 heterocycles. The van der Waals surface area contributed by atoms with Crippen LogP contribution in [0.5, 0.6) is 0 Å². The summed E-state index contributed by atoms with van der Waals surface area (Å²) in [4.78, 5) is 26.4. The van der Waals surface area contributed by atoms with Crippen LogP contribution in [0.3, 0.4) is 0 Å². The molecule has 0 unspecified atom stereocenters. The minimum absolute atomic E-state index is 0.0547. The maximum Gasteiger partial charge on any atom is 0.223 e. The predicted octanol–water partition coefficient (Wildman–Crippen LogP) is 1.71. The van der Waals surface area contributed by atoms with Crippen molar-refractivity contribution < 1.29 is 4.79 Å². The van der Waals surface area contributed by atoms with Crippen LogP contribution in [-0.2, 0) is 11.3 Å². The molecule has 142 valence electrons. The summed E-state index contributed by atoms with van der Waals surface area (Å²) in [5, 5.41) is 12.5. The first-order valence-electron chi connectivity index (χ1n) is 8.94. The molecule has 0 aliphatic carbocycles. The lowest BCUT2D eigenvalue weighted by atomic mass is 10.1. The Morgan fingerprint density at radius 2 is 2.11 bits per heavy atom. The standard InChI is InChI=1S/C19H20N8O/c1-26(2)17(28)7-9-21-16-11-22-18-19(23-16)27(25-24-18)12-13-5-6-15-14(10-13)4-3-8-20-15/h3-6,8,10-11H,7,9,12H2,1-2H3,(H,21,23). The fourth-order valence-electron chi connectivity index (χ4n) is 2.86. The maximum absolute atomic E-state index is 11.7. The van der Waals surface area contributed by atoms with Crippen molar-refractivity contribution in [2.75, 3.05) is 26.0 Å². The van der Waals surface area contributed by atoms with Crippen LogP contribution in [0, 0.1) is 0 Å². The summed E-state index contributed by atoms with van der Waals surface area (Å²) in [6.07, 6.45) is 3.77. The van der Waals surface area contributed by atoms with Crippen LogP contribution in [0.4, 0.5) is 5.82 Å². The molecule has 0 saturated heterocycles. The summed E-state index contributed by atoms with van der Waals surface area (Å²) in [5.74, 6) is 0.643. The highest BCUT2D eigenvalue weighted by Gasteiger charge is 2.10. The highest BCUT2D eigenvalue weighted by atomic mass is 16.2. The molecule has 1 amide bonds. The average molecular weight is 376 g/mol. The third kappa shape index (κ3) is 3.73. The number of aromatic nitrogens is 6. The van der Waals surface area contributed by atoms with Gasteiger partial charge in [0.1, 0.15) is 5.82 Å². The largest absolute Gasteiger partial charge is 0.368 e. The molecule has 0 aliphatic heterocycles. The minimum atomic E-state index is 0.0547. The van der Waals surface area contributed by atoms with Gasteiger partial charge in [-0.25, -0.2) is 14.6 Å². The van der Waals surface area contributed by atoms with Crippen molar-refractivity contribution in [2.45, 2.75) is 13.0 Å². The number of carbonyl (C=O) groups excluding carboxylic acids is 1. The Bertz CT molecular complexity index is 1140. The first-order valence-corrected chi connectivity index (χ1v) is 8.94. The number of carbonyl (C=O) groups is 1. The summed E-state index contributed by atoms with van der Waals surface area (Å²) in [6, 6.07) is 10.0. The van der Waals surface area contributed by atoms with Crippen LogP contribution in [0.2, 0.25) is 0 Å². The highest BCUT2D eigenvalue weighted by molar-refractivity contribution is 5.79. The molecule has 9 heteroatoms. The molecule has 0 atom stereocenters. The maximum atomic E-state index is 11.7. The molecule has 0 radical (unpaired) electrons. The van der Waals surface area contributed by atoms with Crippen LogP contribution in [0.25, 0.3) is 22.2 Å². The number of pyridine rings is 1. The van der Waals surface area contributed by atoms with E-state index in [0.717, 1.165) is 16.5 Å². The van der Waals surface area contributed by atoms with Crippen molar-refractivity contribution in [1.82, 2.24) is 34.8 Å². The van der Waals surface area contributed by atoms with Gasteiger partial charge in [-0.2, -0.15) is 0 Å². The Labute approximate surface area is 161 Å². The lowest BCUT2D eigenvalue weighted by Gasteiger charge is -2.10. The van der Waals surface area contributed by atoms with Crippen molar-refractivity contribution in [3.8, 4) is 0 Å². The molecule has 1 aromatic carbocycles. The highest BCUT2D eigenvalue weighted by Crippen LogP contribution is 2.16. The van der Waals surface area contributed by atoms with E-state index in [1.54, 1.807) is 36.1 Å². The Hall–Kier alpha value is -3.62. The first kappa shape index (κ1) is 17.8. The second kappa shape index (κ2) is 7.55. The number of nitrogens with zero attached hydrogens (tertiary/aromatic N) is 7. The topological polar surface area (TPSA) is 102 Å². The van der Waals surface area contributed by atoms with Gasteiger partial charge in [-0.15, -0.1) is 5.10 Å². The van der Waals surface area contributed by atoms with Gasteiger partial charge in [0, 0.05) is 38.6 Å². The zero-order chi connectivity index (χ0) is 19.5. The third-order valence-corrected chi connectivity index (χ3v) is 4.37. The van der Waals surface area contributed by atoms with Gasteiger partial charge in [0.25, 0.3) is 0 Å². The van der Waals surface area contributed by atoms with E-state index in [0.29, 0.717) is 36.6 Å².